The minimum absolute atomic E-state index is 0.163. The van der Waals surface area contributed by atoms with Crippen LogP contribution in [0.2, 0.25) is 0 Å². The van der Waals surface area contributed by atoms with Gasteiger partial charge in [-0.15, -0.1) is 5.10 Å². The van der Waals surface area contributed by atoms with Crippen molar-refractivity contribution in [2.24, 2.45) is 0 Å². The van der Waals surface area contributed by atoms with Gasteiger partial charge in [-0.05, 0) is 12.1 Å². The Balaban J connectivity index is 2.31. The molecule has 0 bridgehead atoms. The fraction of sp³-hybridized carbons (Fsp3) is 0.273. The Morgan fingerprint density at radius 3 is 2.33 bits per heavy atom. The van der Waals surface area contributed by atoms with Crippen LogP contribution in [0.25, 0.3) is 0 Å². The Hall–Kier alpha value is -1.86. The van der Waals surface area contributed by atoms with E-state index in [1.165, 1.54) is 0 Å². The van der Waals surface area contributed by atoms with Crippen molar-refractivity contribution in [3.63, 3.8) is 0 Å². The fourth-order valence-electron chi connectivity index (χ4n) is 1.35. The van der Waals surface area contributed by atoms with E-state index in [4.69, 9.17) is 19.3 Å². The summed E-state index contributed by atoms with van der Waals surface area (Å²) in [5, 5.41) is 17.3. The molecular formula is C11H12N2O4S. The first-order valence-corrected chi connectivity index (χ1v) is 5.92. The van der Waals surface area contributed by atoms with Crippen LogP contribution in [0.5, 0.6) is 22.4 Å². The molecule has 0 aliphatic carbocycles. The maximum absolute atomic E-state index is 8.92. The van der Waals surface area contributed by atoms with Crippen molar-refractivity contribution in [2.45, 2.75) is 6.61 Å². The van der Waals surface area contributed by atoms with E-state index in [1.54, 1.807) is 32.4 Å². The molecule has 0 amide bonds. The highest BCUT2D eigenvalue weighted by Gasteiger charge is 2.14. The molecule has 0 aliphatic rings. The van der Waals surface area contributed by atoms with Crippen LogP contribution in [0.3, 0.4) is 0 Å². The predicted molar refractivity (Wildman–Crippen MR) is 65.5 cm³/mol. The second kappa shape index (κ2) is 5.65. The van der Waals surface area contributed by atoms with Gasteiger partial charge >= 0.3 is 0 Å². The average molecular weight is 268 g/mol. The number of aromatic nitrogens is 2. The second-order valence-electron chi connectivity index (χ2n) is 3.21. The molecule has 1 aromatic carbocycles. The van der Waals surface area contributed by atoms with Crippen LogP contribution in [-0.4, -0.2) is 29.5 Å². The Morgan fingerprint density at radius 2 is 1.83 bits per heavy atom. The lowest BCUT2D eigenvalue weighted by Crippen LogP contribution is -1.94. The Labute approximate surface area is 108 Å². The van der Waals surface area contributed by atoms with Crippen LogP contribution in [0.15, 0.2) is 18.2 Å². The van der Waals surface area contributed by atoms with E-state index in [0.717, 1.165) is 11.3 Å². The molecule has 96 valence electrons. The van der Waals surface area contributed by atoms with Gasteiger partial charge in [0.05, 0.1) is 20.8 Å². The minimum Gasteiger partial charge on any atom is -0.493 e. The summed E-state index contributed by atoms with van der Waals surface area (Å²) in [6.45, 7) is -0.163. The highest BCUT2D eigenvalue weighted by Crippen LogP contribution is 2.40. The number of hydrogen-bond acceptors (Lipinski definition) is 7. The predicted octanol–water partition coefficient (Wildman–Crippen LogP) is 1.84. The number of rotatable bonds is 5. The number of ether oxygens (including phenoxy) is 3. The molecule has 0 saturated carbocycles. The molecule has 1 aromatic heterocycles. The summed E-state index contributed by atoms with van der Waals surface area (Å²) in [5.74, 6) is 1.51. The molecule has 6 nitrogen and oxygen atoms in total. The normalized spacial score (nSPS) is 10.2. The lowest BCUT2D eigenvalue weighted by molar-refractivity contribution is 0.280. The van der Waals surface area contributed by atoms with Gasteiger partial charge in [0.1, 0.15) is 5.01 Å². The molecule has 7 heteroatoms. The molecule has 0 atom stereocenters. The molecule has 2 aromatic rings. The summed E-state index contributed by atoms with van der Waals surface area (Å²) in [6.07, 6.45) is 0. The van der Waals surface area contributed by atoms with Gasteiger partial charge in [-0.2, -0.15) is 0 Å². The molecule has 2 rings (SSSR count). The molecule has 0 aliphatic heterocycles. The van der Waals surface area contributed by atoms with Gasteiger partial charge in [0.2, 0.25) is 5.75 Å². The van der Waals surface area contributed by atoms with Crippen molar-refractivity contribution in [2.75, 3.05) is 14.2 Å². The van der Waals surface area contributed by atoms with E-state index >= 15 is 0 Å². The molecule has 0 saturated heterocycles. The highest BCUT2D eigenvalue weighted by molar-refractivity contribution is 7.13. The van der Waals surface area contributed by atoms with E-state index in [2.05, 4.69) is 10.2 Å². The minimum atomic E-state index is -0.163. The van der Waals surface area contributed by atoms with Crippen molar-refractivity contribution in [3.8, 4) is 22.4 Å². The third-order valence-corrected chi connectivity index (χ3v) is 2.94. The first-order valence-electron chi connectivity index (χ1n) is 5.10. The van der Waals surface area contributed by atoms with Crippen LogP contribution in [0.4, 0.5) is 0 Å². The van der Waals surface area contributed by atoms with Crippen LogP contribution >= 0.6 is 11.3 Å². The molecule has 1 heterocycles. The van der Waals surface area contributed by atoms with Gasteiger partial charge in [0.25, 0.3) is 5.19 Å². The molecule has 0 fully saturated rings. The Bertz CT molecular complexity index is 507. The van der Waals surface area contributed by atoms with Gasteiger partial charge < -0.3 is 19.3 Å². The van der Waals surface area contributed by atoms with E-state index in [9.17, 15) is 0 Å². The number of aliphatic hydroxyl groups is 1. The van der Waals surface area contributed by atoms with Gasteiger partial charge in [-0.3, -0.25) is 0 Å². The third kappa shape index (κ3) is 2.52. The number of nitrogens with zero attached hydrogens (tertiary/aromatic N) is 2. The van der Waals surface area contributed by atoms with Crippen molar-refractivity contribution in [1.29, 1.82) is 0 Å². The number of aliphatic hydroxyl groups excluding tert-OH is 1. The van der Waals surface area contributed by atoms with Gasteiger partial charge in [0, 0.05) is 0 Å². The number of methoxy groups -OCH3 is 2. The summed E-state index contributed by atoms with van der Waals surface area (Å²) in [5.41, 5.74) is 0. The number of para-hydroxylation sites is 1. The van der Waals surface area contributed by atoms with Gasteiger partial charge in [-0.1, -0.05) is 22.5 Å². The quantitative estimate of drug-likeness (QED) is 0.892. The highest BCUT2D eigenvalue weighted by atomic mass is 32.1. The Kier molecular flexibility index (Phi) is 3.96. The zero-order chi connectivity index (χ0) is 13.0. The maximum Gasteiger partial charge on any atom is 0.299 e. The summed E-state index contributed by atoms with van der Waals surface area (Å²) < 4.78 is 16.0. The van der Waals surface area contributed by atoms with Crippen molar-refractivity contribution < 1.29 is 19.3 Å². The van der Waals surface area contributed by atoms with E-state index in [1.807, 2.05) is 0 Å². The zero-order valence-corrected chi connectivity index (χ0v) is 10.7. The lowest BCUT2D eigenvalue weighted by atomic mass is 10.3. The van der Waals surface area contributed by atoms with E-state index in [-0.39, 0.29) is 6.61 Å². The molecule has 18 heavy (non-hydrogen) atoms. The summed E-state index contributed by atoms with van der Waals surface area (Å²) in [7, 11) is 3.09. The monoisotopic (exact) mass is 268 g/mol. The largest absolute Gasteiger partial charge is 0.493 e. The molecule has 0 unspecified atom stereocenters. The fourth-order valence-corrected chi connectivity index (χ4v) is 1.90. The smallest absolute Gasteiger partial charge is 0.299 e. The standard InChI is InChI=1S/C11H12N2O4S/c1-15-7-4-3-5-8(16-2)10(7)17-11-13-12-9(6-14)18-11/h3-5,14H,6H2,1-2H3. The second-order valence-corrected chi connectivity index (χ2v) is 4.24. The summed E-state index contributed by atoms with van der Waals surface area (Å²) in [6, 6.07) is 5.31. The van der Waals surface area contributed by atoms with Crippen LogP contribution in [0, 0.1) is 0 Å². The molecule has 0 radical (unpaired) electrons. The summed E-state index contributed by atoms with van der Waals surface area (Å²) >= 11 is 1.16. The van der Waals surface area contributed by atoms with Gasteiger partial charge in [0.15, 0.2) is 11.5 Å². The molecular weight excluding hydrogens is 256 g/mol. The number of benzene rings is 1. The van der Waals surface area contributed by atoms with Crippen molar-refractivity contribution in [1.82, 2.24) is 10.2 Å². The van der Waals surface area contributed by atoms with Crippen molar-refractivity contribution >= 4 is 11.3 Å². The first-order chi connectivity index (χ1) is 8.78. The third-order valence-electron chi connectivity index (χ3n) is 2.16. The molecule has 1 N–H and O–H groups in total. The van der Waals surface area contributed by atoms with E-state index in [0.29, 0.717) is 27.4 Å². The SMILES string of the molecule is COc1cccc(OC)c1Oc1nnc(CO)s1. The van der Waals surface area contributed by atoms with Crippen LogP contribution in [0.1, 0.15) is 5.01 Å². The van der Waals surface area contributed by atoms with Crippen LogP contribution in [-0.2, 0) is 6.61 Å². The Morgan fingerprint density at radius 1 is 1.17 bits per heavy atom. The number of hydrogen-bond donors (Lipinski definition) is 1. The zero-order valence-electron chi connectivity index (χ0n) is 9.91. The average Bonchev–Trinajstić information content (AvgIpc) is 2.86. The lowest BCUT2D eigenvalue weighted by Gasteiger charge is -2.11. The van der Waals surface area contributed by atoms with Crippen LogP contribution < -0.4 is 14.2 Å². The topological polar surface area (TPSA) is 73.7 Å². The molecule has 0 spiro atoms. The summed E-state index contributed by atoms with van der Waals surface area (Å²) in [4.78, 5) is 0. The maximum atomic E-state index is 8.92. The van der Waals surface area contributed by atoms with E-state index < -0.39 is 0 Å². The first kappa shape index (κ1) is 12.6. The van der Waals surface area contributed by atoms with Gasteiger partial charge in [-0.25, -0.2) is 0 Å². The van der Waals surface area contributed by atoms with Crippen molar-refractivity contribution in [3.05, 3.63) is 23.2 Å².